The molecule has 0 unspecified atom stereocenters. The van der Waals surface area contributed by atoms with E-state index in [0.29, 0.717) is 0 Å². The molecular weight excluding hydrogens is 274 g/mol. The van der Waals surface area contributed by atoms with Crippen molar-refractivity contribution >= 4 is 11.5 Å². The van der Waals surface area contributed by atoms with Crippen LogP contribution in [-0.4, -0.2) is 18.1 Å². The van der Waals surface area contributed by atoms with Gasteiger partial charge in [0, 0.05) is 0 Å². The predicted octanol–water partition coefficient (Wildman–Crippen LogP) is 3.40. The maximum Gasteiger partial charge on any atom is 0.320 e. The summed E-state index contributed by atoms with van der Waals surface area (Å²) < 4.78 is 5.42. The Morgan fingerprint density at radius 3 is 1.86 bits per heavy atom. The van der Waals surface area contributed by atoms with Crippen molar-refractivity contribution in [3.63, 3.8) is 0 Å². The molecule has 2 rings (SSSR count). The van der Waals surface area contributed by atoms with Crippen LogP contribution in [-0.2, 0) is 9.53 Å². The van der Waals surface area contributed by atoms with E-state index in [0.717, 1.165) is 16.7 Å². The smallest absolute Gasteiger partial charge is 0.320 e. The SMILES string of the molecule is CC(C)(C=C(c1ccccc1)c1ccccc1)OC(=O)CN. The Balaban J connectivity index is 2.45. The first-order valence-corrected chi connectivity index (χ1v) is 7.27. The number of nitrogens with two attached hydrogens (primary N) is 1. The van der Waals surface area contributed by atoms with Crippen molar-refractivity contribution in [3.05, 3.63) is 77.9 Å². The Morgan fingerprint density at radius 2 is 1.45 bits per heavy atom. The number of carbonyl (C=O) groups is 1. The molecule has 0 saturated carbocycles. The Morgan fingerprint density at radius 1 is 1.00 bits per heavy atom. The number of hydrogen-bond acceptors (Lipinski definition) is 3. The molecule has 0 aliphatic rings. The topological polar surface area (TPSA) is 52.3 Å². The molecule has 0 aromatic heterocycles. The highest BCUT2D eigenvalue weighted by molar-refractivity contribution is 5.81. The van der Waals surface area contributed by atoms with E-state index in [1.54, 1.807) is 0 Å². The van der Waals surface area contributed by atoms with Gasteiger partial charge in [0.25, 0.3) is 0 Å². The first kappa shape index (κ1) is 16.0. The molecular formula is C19H21NO2. The van der Waals surface area contributed by atoms with Crippen molar-refractivity contribution < 1.29 is 9.53 Å². The summed E-state index contributed by atoms with van der Waals surface area (Å²) in [6.45, 7) is 3.59. The number of hydrogen-bond donors (Lipinski definition) is 1. The predicted molar refractivity (Wildman–Crippen MR) is 89.2 cm³/mol. The van der Waals surface area contributed by atoms with E-state index in [1.165, 1.54) is 0 Å². The number of esters is 1. The van der Waals surface area contributed by atoms with Gasteiger partial charge in [0.15, 0.2) is 0 Å². The van der Waals surface area contributed by atoms with Crippen LogP contribution in [0, 0.1) is 0 Å². The van der Waals surface area contributed by atoms with Crippen molar-refractivity contribution in [3.8, 4) is 0 Å². The third-order valence-electron chi connectivity index (χ3n) is 3.21. The van der Waals surface area contributed by atoms with Crippen molar-refractivity contribution in [2.45, 2.75) is 19.4 Å². The Kier molecular flexibility index (Phi) is 5.12. The highest BCUT2D eigenvalue weighted by Gasteiger charge is 2.21. The average molecular weight is 295 g/mol. The maximum absolute atomic E-state index is 11.5. The summed E-state index contributed by atoms with van der Waals surface area (Å²) in [7, 11) is 0. The maximum atomic E-state index is 11.5. The van der Waals surface area contributed by atoms with Gasteiger partial charge < -0.3 is 10.5 Å². The number of benzene rings is 2. The molecule has 2 N–H and O–H groups in total. The molecule has 0 saturated heterocycles. The standard InChI is InChI=1S/C19H21NO2/c1-19(2,22-18(21)14-20)13-17(15-9-5-3-6-10-15)16-11-7-4-8-12-16/h3-13H,14,20H2,1-2H3. The van der Waals surface area contributed by atoms with Crippen LogP contribution in [0.5, 0.6) is 0 Å². The van der Waals surface area contributed by atoms with Crippen molar-refractivity contribution in [1.82, 2.24) is 0 Å². The minimum atomic E-state index is -0.739. The van der Waals surface area contributed by atoms with Crippen LogP contribution in [0.15, 0.2) is 66.7 Å². The Bertz CT molecular complexity index is 604. The van der Waals surface area contributed by atoms with Gasteiger partial charge >= 0.3 is 5.97 Å². The number of carbonyl (C=O) groups excluding carboxylic acids is 1. The molecule has 0 spiro atoms. The van der Waals surface area contributed by atoms with Crippen LogP contribution >= 0.6 is 0 Å². The molecule has 3 heteroatoms. The van der Waals surface area contributed by atoms with Gasteiger partial charge in [-0.2, -0.15) is 0 Å². The van der Waals surface area contributed by atoms with E-state index in [2.05, 4.69) is 0 Å². The monoisotopic (exact) mass is 295 g/mol. The van der Waals surface area contributed by atoms with Crippen LogP contribution in [0.3, 0.4) is 0 Å². The van der Waals surface area contributed by atoms with Crippen molar-refractivity contribution in [1.29, 1.82) is 0 Å². The molecule has 0 amide bonds. The molecule has 22 heavy (non-hydrogen) atoms. The fourth-order valence-corrected chi connectivity index (χ4v) is 2.28. The van der Waals surface area contributed by atoms with Gasteiger partial charge in [-0.15, -0.1) is 0 Å². The zero-order valence-electron chi connectivity index (χ0n) is 13.0. The van der Waals surface area contributed by atoms with Crippen LogP contribution in [0.25, 0.3) is 5.57 Å². The normalized spacial score (nSPS) is 10.9. The summed E-state index contributed by atoms with van der Waals surface area (Å²) >= 11 is 0. The van der Waals surface area contributed by atoms with Gasteiger partial charge in [-0.05, 0) is 36.6 Å². The first-order chi connectivity index (χ1) is 10.5. The third-order valence-corrected chi connectivity index (χ3v) is 3.21. The quantitative estimate of drug-likeness (QED) is 0.860. The minimum Gasteiger partial charge on any atom is -0.454 e. The van der Waals surface area contributed by atoms with Crippen molar-refractivity contribution in [2.75, 3.05) is 6.54 Å². The van der Waals surface area contributed by atoms with Gasteiger partial charge in [0.2, 0.25) is 0 Å². The second-order valence-electron chi connectivity index (χ2n) is 5.57. The van der Waals surface area contributed by atoms with E-state index in [1.807, 2.05) is 80.6 Å². The summed E-state index contributed by atoms with van der Waals surface area (Å²) in [6, 6.07) is 20.1. The fraction of sp³-hybridized carbons (Fsp3) is 0.211. The third kappa shape index (κ3) is 4.30. The van der Waals surface area contributed by atoms with Gasteiger partial charge in [-0.25, -0.2) is 0 Å². The molecule has 0 aliphatic heterocycles. The second-order valence-corrected chi connectivity index (χ2v) is 5.57. The molecule has 0 radical (unpaired) electrons. The van der Waals surface area contributed by atoms with E-state index in [-0.39, 0.29) is 6.54 Å². The van der Waals surface area contributed by atoms with Gasteiger partial charge in [0.05, 0.1) is 6.54 Å². The van der Waals surface area contributed by atoms with Crippen LogP contribution in [0.4, 0.5) is 0 Å². The summed E-state index contributed by atoms with van der Waals surface area (Å²) in [5.74, 6) is -0.415. The molecule has 0 aliphatic carbocycles. The van der Waals surface area contributed by atoms with E-state index < -0.39 is 11.6 Å². The average Bonchev–Trinajstić information content (AvgIpc) is 2.54. The minimum absolute atomic E-state index is 0.122. The molecule has 2 aromatic rings. The van der Waals surface area contributed by atoms with Crippen LogP contribution in [0.2, 0.25) is 0 Å². The van der Waals surface area contributed by atoms with E-state index >= 15 is 0 Å². The van der Waals surface area contributed by atoms with Gasteiger partial charge in [0.1, 0.15) is 5.60 Å². The van der Waals surface area contributed by atoms with E-state index in [4.69, 9.17) is 10.5 Å². The molecule has 0 heterocycles. The summed E-state index contributed by atoms with van der Waals surface area (Å²) in [5.41, 5.74) is 7.77. The lowest BCUT2D eigenvalue weighted by Crippen LogP contribution is -2.30. The van der Waals surface area contributed by atoms with Crippen LogP contribution in [0.1, 0.15) is 25.0 Å². The molecule has 0 atom stereocenters. The lowest BCUT2D eigenvalue weighted by atomic mass is 9.93. The summed E-state index contributed by atoms with van der Waals surface area (Å²) in [5, 5.41) is 0. The number of rotatable bonds is 5. The van der Waals surface area contributed by atoms with Crippen molar-refractivity contribution in [2.24, 2.45) is 5.73 Å². The highest BCUT2D eigenvalue weighted by Crippen LogP contribution is 2.27. The lowest BCUT2D eigenvalue weighted by molar-refractivity contribution is -0.150. The summed E-state index contributed by atoms with van der Waals surface area (Å²) in [6.07, 6.45) is 1.96. The highest BCUT2D eigenvalue weighted by atomic mass is 16.6. The first-order valence-electron chi connectivity index (χ1n) is 7.27. The van der Waals surface area contributed by atoms with Gasteiger partial charge in [-0.3, -0.25) is 4.79 Å². The summed E-state index contributed by atoms with van der Waals surface area (Å²) in [4.78, 5) is 11.5. The molecule has 0 fully saturated rings. The zero-order chi connectivity index (χ0) is 16.0. The van der Waals surface area contributed by atoms with E-state index in [9.17, 15) is 4.79 Å². The number of ether oxygens (including phenoxy) is 1. The zero-order valence-corrected chi connectivity index (χ0v) is 13.0. The Labute approximate surface area is 131 Å². The largest absolute Gasteiger partial charge is 0.454 e. The second kappa shape index (κ2) is 7.05. The molecule has 3 nitrogen and oxygen atoms in total. The molecule has 0 bridgehead atoms. The molecule has 114 valence electrons. The fourth-order valence-electron chi connectivity index (χ4n) is 2.28. The lowest BCUT2D eigenvalue weighted by Gasteiger charge is -2.23. The Hall–Kier alpha value is -2.39. The van der Waals surface area contributed by atoms with Gasteiger partial charge in [-0.1, -0.05) is 60.7 Å². The van der Waals surface area contributed by atoms with Crippen LogP contribution < -0.4 is 5.73 Å². The molecule has 2 aromatic carbocycles.